The molecule has 27 heavy (non-hydrogen) atoms. The number of halogens is 1. The average Bonchev–Trinajstić information content (AvgIpc) is 2.79. The Balaban J connectivity index is 1.72. The van der Waals surface area contributed by atoms with Crippen LogP contribution in [0.1, 0.15) is 18.4 Å². The lowest BCUT2D eigenvalue weighted by Gasteiger charge is -2.31. The summed E-state index contributed by atoms with van der Waals surface area (Å²) < 4.78 is 0. The van der Waals surface area contributed by atoms with Crippen molar-refractivity contribution in [2.24, 2.45) is 0 Å². The van der Waals surface area contributed by atoms with E-state index in [0.29, 0.717) is 6.54 Å². The molecule has 1 aliphatic carbocycles. The smallest absolute Gasteiger partial charge is 0.328 e. The third-order valence-corrected chi connectivity index (χ3v) is 5.12. The minimum Gasteiger partial charge on any atom is -0.478 e. The maximum atomic E-state index is 10.6. The largest absolute Gasteiger partial charge is 0.478 e. The Morgan fingerprint density at radius 2 is 2.11 bits per heavy atom. The van der Waals surface area contributed by atoms with Gasteiger partial charge >= 0.3 is 5.97 Å². The van der Waals surface area contributed by atoms with Gasteiger partial charge in [-0.15, -0.1) is 0 Å². The normalized spacial score (nSPS) is 16.4. The highest BCUT2D eigenvalue weighted by molar-refractivity contribution is 6.31. The molecule has 1 heterocycles. The summed E-state index contributed by atoms with van der Waals surface area (Å²) in [5, 5.41) is 9.48. The lowest BCUT2D eigenvalue weighted by molar-refractivity contribution is -0.131. The van der Waals surface area contributed by atoms with Gasteiger partial charge in [0.25, 0.3) is 0 Å². The molecule has 0 bridgehead atoms. The van der Waals surface area contributed by atoms with Crippen molar-refractivity contribution in [2.75, 3.05) is 31.6 Å². The second-order valence-electron chi connectivity index (χ2n) is 6.89. The van der Waals surface area contributed by atoms with Gasteiger partial charge in [-0.25, -0.2) is 4.79 Å². The van der Waals surface area contributed by atoms with Crippen LogP contribution in [0, 0.1) is 0 Å². The summed E-state index contributed by atoms with van der Waals surface area (Å²) in [6.07, 6.45) is 12.1. The van der Waals surface area contributed by atoms with Crippen LogP contribution in [-0.4, -0.2) is 42.7 Å². The van der Waals surface area contributed by atoms with Gasteiger partial charge in [-0.1, -0.05) is 48.0 Å². The minimum absolute atomic E-state index is 0.630. The maximum absolute atomic E-state index is 10.6. The zero-order valence-electron chi connectivity index (χ0n) is 15.6. The van der Waals surface area contributed by atoms with Crippen molar-refractivity contribution in [3.05, 3.63) is 76.5 Å². The number of rotatable bonds is 7. The quantitative estimate of drug-likeness (QED) is 0.710. The van der Waals surface area contributed by atoms with Gasteiger partial charge in [0.15, 0.2) is 0 Å². The summed E-state index contributed by atoms with van der Waals surface area (Å²) in [6, 6.07) is 8.54. The summed E-state index contributed by atoms with van der Waals surface area (Å²) in [7, 11) is 2.01. The fourth-order valence-corrected chi connectivity index (χ4v) is 3.69. The number of aliphatic carboxylic acids is 1. The molecular weight excluding hydrogens is 360 g/mol. The Hall–Kier alpha value is -2.30. The standard InChI is InChI=1S/C22H25ClN2O2/c1-24(13-4-8-22(26)27)14-5-15-25-20-7-3-2-6-17(20)9-10-18-11-12-19(23)16-21(18)25/h2-4,6-8,10,12,16H,5,9,11,13-15H2,1H3,(H,26,27)/b8-4+. The van der Waals surface area contributed by atoms with E-state index in [1.54, 1.807) is 6.08 Å². The monoisotopic (exact) mass is 384 g/mol. The number of fused-ring (bicyclic) bond motifs is 2. The zero-order valence-corrected chi connectivity index (χ0v) is 16.3. The van der Waals surface area contributed by atoms with E-state index in [9.17, 15) is 4.79 Å². The van der Waals surface area contributed by atoms with Crippen molar-refractivity contribution in [3.8, 4) is 0 Å². The zero-order chi connectivity index (χ0) is 19.2. The number of carbonyl (C=O) groups is 1. The van der Waals surface area contributed by atoms with E-state index in [0.717, 1.165) is 37.4 Å². The highest BCUT2D eigenvalue weighted by Crippen LogP contribution is 2.36. The summed E-state index contributed by atoms with van der Waals surface area (Å²) in [5.74, 6) is -0.905. The molecule has 1 aliphatic heterocycles. The first-order valence-corrected chi connectivity index (χ1v) is 9.62. The predicted octanol–water partition coefficient (Wildman–Crippen LogP) is 4.35. The number of allylic oxidation sites excluding steroid dienone is 5. The van der Waals surface area contributed by atoms with Crippen molar-refractivity contribution in [1.29, 1.82) is 0 Å². The maximum Gasteiger partial charge on any atom is 0.328 e. The van der Waals surface area contributed by atoms with Gasteiger partial charge in [0, 0.05) is 35.6 Å². The number of hydrogen-bond acceptors (Lipinski definition) is 3. The molecule has 2 aliphatic rings. The van der Waals surface area contributed by atoms with Gasteiger partial charge in [-0.2, -0.15) is 0 Å². The van der Waals surface area contributed by atoms with Gasteiger partial charge in [0.05, 0.1) is 0 Å². The molecule has 1 aromatic rings. The molecule has 0 radical (unpaired) electrons. The van der Waals surface area contributed by atoms with Crippen molar-refractivity contribution < 1.29 is 9.90 Å². The number of carboxylic acid groups (broad SMARTS) is 1. The first-order valence-electron chi connectivity index (χ1n) is 9.25. The van der Waals surface area contributed by atoms with E-state index in [1.165, 1.54) is 28.6 Å². The third-order valence-electron chi connectivity index (χ3n) is 4.86. The molecule has 0 saturated carbocycles. The Bertz CT molecular complexity index is 823. The molecule has 0 amide bonds. The van der Waals surface area contributed by atoms with Crippen LogP contribution in [0.5, 0.6) is 0 Å². The summed E-state index contributed by atoms with van der Waals surface area (Å²) >= 11 is 6.32. The molecular formula is C22H25ClN2O2. The van der Waals surface area contributed by atoms with E-state index < -0.39 is 5.97 Å². The predicted molar refractivity (Wildman–Crippen MR) is 111 cm³/mol. The molecule has 5 heteroatoms. The second-order valence-corrected chi connectivity index (χ2v) is 7.33. The molecule has 0 atom stereocenters. The number of benzene rings is 1. The fourth-order valence-electron chi connectivity index (χ4n) is 3.51. The van der Waals surface area contributed by atoms with Crippen LogP contribution >= 0.6 is 11.6 Å². The first kappa shape index (κ1) is 19.5. The fraction of sp³-hybridized carbons (Fsp3) is 0.318. The Labute approximate surface area is 165 Å². The Morgan fingerprint density at radius 1 is 1.30 bits per heavy atom. The summed E-state index contributed by atoms with van der Waals surface area (Å²) in [4.78, 5) is 15.1. The van der Waals surface area contributed by atoms with Crippen LogP contribution in [0.2, 0.25) is 0 Å². The number of para-hydroxylation sites is 1. The van der Waals surface area contributed by atoms with E-state index in [2.05, 4.69) is 52.3 Å². The Kier molecular flexibility index (Phi) is 6.54. The molecule has 0 spiro atoms. The van der Waals surface area contributed by atoms with Crippen molar-refractivity contribution in [2.45, 2.75) is 19.3 Å². The highest BCUT2D eigenvalue weighted by atomic mass is 35.5. The highest BCUT2D eigenvalue weighted by Gasteiger charge is 2.23. The molecule has 1 N–H and O–H groups in total. The van der Waals surface area contributed by atoms with Crippen molar-refractivity contribution in [3.63, 3.8) is 0 Å². The molecule has 0 saturated heterocycles. The molecule has 1 aromatic carbocycles. The first-order chi connectivity index (χ1) is 13.0. The van der Waals surface area contributed by atoms with Crippen molar-refractivity contribution in [1.82, 2.24) is 4.90 Å². The van der Waals surface area contributed by atoms with E-state index in [1.807, 2.05) is 7.05 Å². The average molecular weight is 385 g/mol. The SMILES string of the molecule is CN(C/C=C/C(=O)O)CCCN1C2=CC(Cl)=CCC2=CCc2ccccc21. The third kappa shape index (κ3) is 5.12. The molecule has 3 rings (SSSR count). The number of nitrogens with zero attached hydrogens (tertiary/aromatic N) is 2. The van der Waals surface area contributed by atoms with Crippen LogP contribution in [0.4, 0.5) is 5.69 Å². The lowest BCUT2D eigenvalue weighted by Crippen LogP contribution is -2.29. The minimum atomic E-state index is -0.905. The summed E-state index contributed by atoms with van der Waals surface area (Å²) in [6.45, 7) is 2.40. The van der Waals surface area contributed by atoms with Gasteiger partial charge in [-0.05, 0) is 56.1 Å². The van der Waals surface area contributed by atoms with Crippen LogP contribution in [0.25, 0.3) is 0 Å². The van der Waals surface area contributed by atoms with Crippen LogP contribution in [0.15, 0.2) is 70.9 Å². The van der Waals surface area contributed by atoms with Crippen LogP contribution in [-0.2, 0) is 11.2 Å². The number of likely N-dealkylation sites (N-methyl/N-ethyl adjacent to an activating group) is 1. The summed E-state index contributed by atoms with van der Waals surface area (Å²) in [5.41, 5.74) is 5.10. The van der Waals surface area contributed by atoms with Gasteiger partial charge in [0.1, 0.15) is 0 Å². The van der Waals surface area contributed by atoms with Gasteiger partial charge < -0.3 is 14.9 Å². The number of hydrogen-bond donors (Lipinski definition) is 1. The molecule has 142 valence electrons. The number of carboxylic acids is 1. The van der Waals surface area contributed by atoms with E-state index >= 15 is 0 Å². The Morgan fingerprint density at radius 3 is 2.93 bits per heavy atom. The second kappa shape index (κ2) is 9.07. The number of anilines is 1. The molecule has 4 nitrogen and oxygen atoms in total. The lowest BCUT2D eigenvalue weighted by atomic mass is 10.0. The van der Waals surface area contributed by atoms with Gasteiger partial charge in [0.2, 0.25) is 0 Å². The topological polar surface area (TPSA) is 43.8 Å². The molecule has 0 aromatic heterocycles. The van der Waals surface area contributed by atoms with Crippen molar-refractivity contribution >= 4 is 23.3 Å². The van der Waals surface area contributed by atoms with Gasteiger partial charge in [-0.3, -0.25) is 0 Å². The molecule has 0 fully saturated rings. The molecule has 0 unspecified atom stereocenters. The van der Waals surface area contributed by atoms with Crippen LogP contribution in [0.3, 0.4) is 0 Å². The van der Waals surface area contributed by atoms with E-state index in [-0.39, 0.29) is 0 Å². The van der Waals surface area contributed by atoms with Crippen LogP contribution < -0.4 is 4.90 Å². The van der Waals surface area contributed by atoms with E-state index in [4.69, 9.17) is 16.7 Å².